The number of nitrogens with one attached hydrogen (secondary N) is 1. The highest BCUT2D eigenvalue weighted by molar-refractivity contribution is 6.38. The maximum absolute atomic E-state index is 12.9. The second kappa shape index (κ2) is 6.83. The van der Waals surface area contributed by atoms with Gasteiger partial charge >= 0.3 is 6.18 Å². The van der Waals surface area contributed by atoms with Crippen molar-refractivity contribution in [2.24, 2.45) is 5.92 Å². The Bertz CT molecular complexity index is 799. The maximum atomic E-state index is 12.9. The van der Waals surface area contributed by atoms with Gasteiger partial charge in [0.1, 0.15) is 0 Å². The number of rotatable bonds is 2. The molecule has 0 bridgehead atoms. The van der Waals surface area contributed by atoms with Gasteiger partial charge in [-0.15, -0.1) is 0 Å². The van der Waals surface area contributed by atoms with Crippen LogP contribution in [-0.2, 0) is 6.18 Å². The number of amides is 1. The standard InChI is InChI=1S/C18H18ClF3N2O/c1-10-2-5-12(6-3-10)24-17(25)14-9-23-15-7-4-11(18(20,21)22)8-13(15)16(14)19/h4,7-10,12H,2-3,5-6H2,1H3,(H,24,25). The summed E-state index contributed by atoms with van der Waals surface area (Å²) in [5, 5.41) is 3.04. The van der Waals surface area contributed by atoms with Crippen LogP contribution in [0.2, 0.25) is 5.02 Å². The molecule has 1 aliphatic carbocycles. The van der Waals surface area contributed by atoms with Crippen molar-refractivity contribution in [3.63, 3.8) is 0 Å². The van der Waals surface area contributed by atoms with Gasteiger partial charge in [-0.05, 0) is 49.8 Å². The molecule has 2 aromatic rings. The SMILES string of the molecule is CC1CCC(NC(=O)c2cnc3ccc(C(F)(F)F)cc3c2Cl)CC1. The molecular weight excluding hydrogens is 353 g/mol. The van der Waals surface area contributed by atoms with Crippen molar-refractivity contribution < 1.29 is 18.0 Å². The molecule has 1 saturated carbocycles. The Hall–Kier alpha value is -1.82. The molecule has 1 fully saturated rings. The molecule has 0 saturated heterocycles. The first kappa shape index (κ1) is 18.0. The van der Waals surface area contributed by atoms with Gasteiger partial charge in [0.05, 0.1) is 21.7 Å². The molecule has 1 aromatic carbocycles. The molecule has 0 spiro atoms. The van der Waals surface area contributed by atoms with Crippen LogP contribution in [0.1, 0.15) is 48.5 Å². The van der Waals surface area contributed by atoms with Gasteiger partial charge in [-0.2, -0.15) is 13.2 Å². The summed E-state index contributed by atoms with van der Waals surface area (Å²) in [5.74, 6) is 0.260. The molecule has 0 aliphatic heterocycles. The molecule has 0 atom stereocenters. The third-order valence-corrected chi connectivity index (χ3v) is 5.13. The van der Waals surface area contributed by atoms with E-state index >= 15 is 0 Å². The van der Waals surface area contributed by atoms with Crippen LogP contribution in [-0.4, -0.2) is 16.9 Å². The van der Waals surface area contributed by atoms with Crippen molar-refractivity contribution in [3.05, 3.63) is 40.5 Å². The van der Waals surface area contributed by atoms with E-state index in [2.05, 4.69) is 17.2 Å². The number of alkyl halides is 3. The zero-order valence-corrected chi connectivity index (χ0v) is 14.4. The van der Waals surface area contributed by atoms with E-state index in [0.717, 1.165) is 37.8 Å². The number of carbonyl (C=O) groups excluding carboxylic acids is 1. The van der Waals surface area contributed by atoms with Crippen LogP contribution in [0.4, 0.5) is 13.2 Å². The topological polar surface area (TPSA) is 42.0 Å². The molecule has 1 aromatic heterocycles. The van der Waals surface area contributed by atoms with Crippen molar-refractivity contribution >= 4 is 28.4 Å². The predicted molar refractivity (Wildman–Crippen MR) is 90.6 cm³/mol. The fourth-order valence-corrected chi connectivity index (χ4v) is 3.45. The third-order valence-electron chi connectivity index (χ3n) is 4.73. The Labute approximate surface area is 148 Å². The number of pyridine rings is 1. The molecule has 1 N–H and O–H groups in total. The number of benzene rings is 1. The summed E-state index contributed by atoms with van der Waals surface area (Å²) in [5.41, 5.74) is -0.393. The number of halogens is 4. The highest BCUT2D eigenvalue weighted by Gasteiger charge is 2.31. The summed E-state index contributed by atoms with van der Waals surface area (Å²) in [6.07, 6.45) is 0.716. The molecule has 7 heteroatoms. The van der Waals surface area contributed by atoms with Crippen molar-refractivity contribution in [2.75, 3.05) is 0 Å². The van der Waals surface area contributed by atoms with E-state index in [9.17, 15) is 18.0 Å². The van der Waals surface area contributed by atoms with E-state index in [4.69, 9.17) is 11.6 Å². The summed E-state index contributed by atoms with van der Waals surface area (Å²) in [4.78, 5) is 16.6. The van der Waals surface area contributed by atoms with Crippen LogP contribution in [0.15, 0.2) is 24.4 Å². The fraction of sp³-hybridized carbons (Fsp3) is 0.444. The maximum Gasteiger partial charge on any atom is 0.416 e. The second-order valence-corrected chi connectivity index (χ2v) is 7.02. The van der Waals surface area contributed by atoms with Crippen LogP contribution in [0.25, 0.3) is 10.9 Å². The molecule has 1 heterocycles. The lowest BCUT2D eigenvalue weighted by atomic mass is 9.87. The predicted octanol–water partition coefficient (Wildman–Crippen LogP) is 5.22. The summed E-state index contributed by atoms with van der Waals surface area (Å²) >= 11 is 6.23. The number of fused-ring (bicyclic) bond motifs is 1. The number of aromatic nitrogens is 1. The normalized spacial score (nSPS) is 21.3. The van der Waals surface area contributed by atoms with Crippen molar-refractivity contribution in [3.8, 4) is 0 Å². The fourth-order valence-electron chi connectivity index (χ4n) is 3.16. The zero-order valence-electron chi connectivity index (χ0n) is 13.7. The molecule has 3 rings (SSSR count). The summed E-state index contributed by atoms with van der Waals surface area (Å²) in [7, 11) is 0. The van der Waals surface area contributed by atoms with Crippen LogP contribution in [0, 0.1) is 5.92 Å². The van der Waals surface area contributed by atoms with Crippen LogP contribution in [0.5, 0.6) is 0 Å². The van der Waals surface area contributed by atoms with Crippen LogP contribution in [0.3, 0.4) is 0 Å². The van der Waals surface area contributed by atoms with Crippen molar-refractivity contribution in [1.29, 1.82) is 0 Å². The minimum absolute atomic E-state index is 0.00206. The third kappa shape index (κ3) is 3.89. The van der Waals surface area contributed by atoms with E-state index in [1.54, 1.807) is 0 Å². The monoisotopic (exact) mass is 370 g/mol. The Morgan fingerprint density at radius 3 is 2.56 bits per heavy atom. The van der Waals surface area contributed by atoms with Gasteiger partial charge in [-0.1, -0.05) is 18.5 Å². The lowest BCUT2D eigenvalue weighted by Crippen LogP contribution is -2.37. The van der Waals surface area contributed by atoms with Gasteiger partial charge in [-0.25, -0.2) is 0 Å². The zero-order chi connectivity index (χ0) is 18.2. The Kier molecular flexibility index (Phi) is 4.91. The van der Waals surface area contributed by atoms with Gasteiger partial charge < -0.3 is 5.32 Å². The van der Waals surface area contributed by atoms with E-state index in [1.807, 2.05) is 0 Å². The number of nitrogens with zero attached hydrogens (tertiary/aromatic N) is 1. The first-order valence-corrected chi connectivity index (χ1v) is 8.60. The number of carbonyl (C=O) groups is 1. The quantitative estimate of drug-likeness (QED) is 0.787. The molecule has 3 nitrogen and oxygen atoms in total. The van der Waals surface area contributed by atoms with Gasteiger partial charge in [0.2, 0.25) is 0 Å². The number of hydrogen-bond donors (Lipinski definition) is 1. The number of hydrogen-bond acceptors (Lipinski definition) is 2. The minimum Gasteiger partial charge on any atom is -0.349 e. The van der Waals surface area contributed by atoms with E-state index < -0.39 is 17.6 Å². The molecule has 0 unspecified atom stereocenters. The molecule has 1 aliphatic rings. The first-order valence-electron chi connectivity index (χ1n) is 8.22. The summed E-state index contributed by atoms with van der Waals surface area (Å²) in [6, 6.07) is 3.21. The summed E-state index contributed by atoms with van der Waals surface area (Å²) < 4.78 is 38.7. The Morgan fingerprint density at radius 1 is 1.24 bits per heavy atom. The van der Waals surface area contributed by atoms with Gasteiger partial charge in [-0.3, -0.25) is 9.78 Å². The molecule has 0 radical (unpaired) electrons. The average Bonchev–Trinajstić information content (AvgIpc) is 2.56. The van der Waals surface area contributed by atoms with Gasteiger partial charge in [0.15, 0.2) is 0 Å². The van der Waals surface area contributed by atoms with E-state index in [1.165, 1.54) is 12.3 Å². The Balaban J connectivity index is 1.88. The average molecular weight is 371 g/mol. The van der Waals surface area contributed by atoms with Gasteiger partial charge in [0, 0.05) is 17.6 Å². The first-order chi connectivity index (χ1) is 11.8. The van der Waals surface area contributed by atoms with Crippen LogP contribution < -0.4 is 5.32 Å². The molecule has 1 amide bonds. The highest BCUT2D eigenvalue weighted by atomic mass is 35.5. The molecular formula is C18H18ClF3N2O. The van der Waals surface area contributed by atoms with E-state index in [-0.39, 0.29) is 22.0 Å². The van der Waals surface area contributed by atoms with Crippen molar-refractivity contribution in [2.45, 2.75) is 44.8 Å². The van der Waals surface area contributed by atoms with Crippen molar-refractivity contribution in [1.82, 2.24) is 10.3 Å². The molecule has 134 valence electrons. The highest BCUT2D eigenvalue weighted by Crippen LogP contribution is 2.34. The summed E-state index contributed by atoms with van der Waals surface area (Å²) in [6.45, 7) is 2.18. The van der Waals surface area contributed by atoms with Gasteiger partial charge in [0.25, 0.3) is 5.91 Å². The minimum atomic E-state index is -4.48. The largest absolute Gasteiger partial charge is 0.416 e. The smallest absolute Gasteiger partial charge is 0.349 e. The Morgan fingerprint density at radius 2 is 1.92 bits per heavy atom. The lowest BCUT2D eigenvalue weighted by Gasteiger charge is -2.27. The van der Waals surface area contributed by atoms with Crippen LogP contribution >= 0.6 is 11.6 Å². The second-order valence-electron chi connectivity index (χ2n) is 6.65. The lowest BCUT2D eigenvalue weighted by molar-refractivity contribution is -0.137. The van der Waals surface area contributed by atoms with E-state index in [0.29, 0.717) is 11.4 Å². The molecule has 25 heavy (non-hydrogen) atoms.